The Balaban J connectivity index is 1.52. The van der Waals surface area contributed by atoms with Crippen LogP contribution in [0.15, 0.2) is 53.9 Å². The van der Waals surface area contributed by atoms with Gasteiger partial charge < -0.3 is 10.6 Å². The van der Waals surface area contributed by atoms with Crippen LogP contribution in [0.5, 0.6) is 0 Å². The van der Waals surface area contributed by atoms with Crippen LogP contribution in [0.2, 0.25) is 0 Å². The number of hydrogen-bond donors (Lipinski definition) is 2. The minimum Gasteiger partial charge on any atom is -0.356 e. The van der Waals surface area contributed by atoms with Gasteiger partial charge in [-0.2, -0.15) is 0 Å². The van der Waals surface area contributed by atoms with Crippen molar-refractivity contribution in [3.05, 3.63) is 60.3 Å². The molecule has 0 spiro atoms. The van der Waals surface area contributed by atoms with E-state index in [1.807, 2.05) is 41.1 Å². The van der Waals surface area contributed by atoms with E-state index in [1.165, 1.54) is 5.56 Å². The molecule has 0 aliphatic rings. The monoisotopic (exact) mass is 309 g/mol. The number of nitrogens with zero attached hydrogens (tertiary/aromatic N) is 5. The van der Waals surface area contributed by atoms with Crippen molar-refractivity contribution in [2.75, 3.05) is 13.6 Å². The number of nitrogens with one attached hydrogen (secondary N) is 2. The third-order valence-corrected chi connectivity index (χ3v) is 3.45. The van der Waals surface area contributed by atoms with Crippen molar-refractivity contribution in [3.8, 4) is 0 Å². The Labute approximate surface area is 134 Å². The summed E-state index contributed by atoms with van der Waals surface area (Å²) in [5.74, 6) is 1.58. The highest BCUT2D eigenvalue weighted by atomic mass is 15.3. The summed E-state index contributed by atoms with van der Waals surface area (Å²) in [6.07, 6.45) is 6.49. The molecule has 3 rings (SSSR count). The number of guanidine groups is 1. The average molecular weight is 309 g/mol. The zero-order chi connectivity index (χ0) is 15.9. The van der Waals surface area contributed by atoms with E-state index in [9.17, 15) is 0 Å². The fraction of sp³-hybridized carbons (Fsp3) is 0.250. The maximum atomic E-state index is 4.22. The molecule has 0 atom stereocenters. The Bertz CT molecular complexity index is 779. The van der Waals surface area contributed by atoms with E-state index in [0.717, 1.165) is 30.4 Å². The minimum absolute atomic E-state index is 0.553. The highest BCUT2D eigenvalue weighted by molar-refractivity contribution is 5.79. The number of hydrogen-bond acceptors (Lipinski definition) is 4. The van der Waals surface area contributed by atoms with Crippen molar-refractivity contribution in [2.24, 2.45) is 4.99 Å². The lowest BCUT2D eigenvalue weighted by atomic mass is 10.2. The van der Waals surface area contributed by atoms with Gasteiger partial charge in [-0.15, -0.1) is 10.2 Å². The molecule has 0 aliphatic heterocycles. The second kappa shape index (κ2) is 7.35. The molecule has 0 aromatic carbocycles. The summed E-state index contributed by atoms with van der Waals surface area (Å²) in [6.45, 7) is 1.34. The lowest BCUT2D eigenvalue weighted by Gasteiger charge is -2.11. The molecule has 0 saturated heterocycles. The van der Waals surface area contributed by atoms with Gasteiger partial charge in [0.2, 0.25) is 0 Å². The standard InChI is InChI=1S/C16H19N7/c1-17-16(19-9-7-13-5-4-8-18-11-13)20-12-15-22-21-14-6-2-3-10-23(14)15/h2-6,8,10-11H,7,9,12H2,1H3,(H2,17,19,20). The van der Waals surface area contributed by atoms with Crippen molar-refractivity contribution >= 4 is 11.6 Å². The predicted molar refractivity (Wildman–Crippen MR) is 89.1 cm³/mol. The van der Waals surface area contributed by atoms with Crippen molar-refractivity contribution in [1.29, 1.82) is 0 Å². The molecule has 0 amide bonds. The van der Waals surface area contributed by atoms with Crippen LogP contribution in [0.1, 0.15) is 11.4 Å². The number of aromatic nitrogens is 4. The highest BCUT2D eigenvalue weighted by Gasteiger charge is 2.05. The molecule has 3 aromatic rings. The van der Waals surface area contributed by atoms with Crippen LogP contribution in [0.3, 0.4) is 0 Å². The van der Waals surface area contributed by atoms with Crippen molar-refractivity contribution in [3.63, 3.8) is 0 Å². The third-order valence-electron chi connectivity index (χ3n) is 3.45. The lowest BCUT2D eigenvalue weighted by molar-refractivity contribution is 0.756. The van der Waals surface area contributed by atoms with E-state index in [1.54, 1.807) is 13.2 Å². The van der Waals surface area contributed by atoms with Crippen molar-refractivity contribution < 1.29 is 0 Å². The number of pyridine rings is 2. The van der Waals surface area contributed by atoms with Crippen molar-refractivity contribution in [1.82, 2.24) is 30.2 Å². The molecule has 7 heteroatoms. The maximum Gasteiger partial charge on any atom is 0.191 e. The first kappa shape index (κ1) is 15.0. The first-order valence-electron chi connectivity index (χ1n) is 7.49. The molecule has 3 aromatic heterocycles. The normalized spacial score (nSPS) is 11.6. The molecule has 0 saturated carbocycles. The molecule has 0 unspecified atom stereocenters. The fourth-order valence-corrected chi connectivity index (χ4v) is 2.27. The van der Waals surface area contributed by atoms with Crippen LogP contribution in [0.25, 0.3) is 5.65 Å². The Morgan fingerprint density at radius 1 is 1.17 bits per heavy atom. The summed E-state index contributed by atoms with van der Waals surface area (Å²) in [6, 6.07) is 9.84. The molecule has 0 fully saturated rings. The smallest absolute Gasteiger partial charge is 0.191 e. The molecule has 2 N–H and O–H groups in total. The van der Waals surface area contributed by atoms with E-state index in [-0.39, 0.29) is 0 Å². The number of aliphatic imine (C=N–C) groups is 1. The van der Waals surface area contributed by atoms with E-state index in [4.69, 9.17) is 0 Å². The van der Waals surface area contributed by atoms with E-state index in [2.05, 4.69) is 36.9 Å². The molecule has 7 nitrogen and oxygen atoms in total. The Morgan fingerprint density at radius 2 is 2.13 bits per heavy atom. The van der Waals surface area contributed by atoms with Crippen LogP contribution in [0.4, 0.5) is 0 Å². The summed E-state index contributed by atoms with van der Waals surface area (Å²) in [5, 5.41) is 14.9. The van der Waals surface area contributed by atoms with Gasteiger partial charge in [-0.05, 0) is 30.2 Å². The first-order valence-corrected chi connectivity index (χ1v) is 7.49. The third kappa shape index (κ3) is 3.82. The van der Waals surface area contributed by atoms with Crippen LogP contribution in [-0.4, -0.2) is 39.1 Å². The van der Waals surface area contributed by atoms with Crippen molar-refractivity contribution in [2.45, 2.75) is 13.0 Å². The zero-order valence-electron chi connectivity index (χ0n) is 13.0. The SMILES string of the molecule is CN=C(NCCc1cccnc1)NCc1nnc2ccccn12. The Hall–Kier alpha value is -2.96. The molecule has 0 aliphatic carbocycles. The largest absolute Gasteiger partial charge is 0.356 e. The van der Waals surface area contributed by atoms with Crippen LogP contribution < -0.4 is 10.6 Å². The lowest BCUT2D eigenvalue weighted by Crippen LogP contribution is -2.38. The molecule has 3 heterocycles. The average Bonchev–Trinajstić information content (AvgIpc) is 3.02. The highest BCUT2D eigenvalue weighted by Crippen LogP contribution is 2.02. The van der Waals surface area contributed by atoms with Gasteiger partial charge in [0.05, 0.1) is 6.54 Å². The van der Waals surface area contributed by atoms with Gasteiger partial charge in [0.15, 0.2) is 17.4 Å². The fourth-order valence-electron chi connectivity index (χ4n) is 2.27. The van der Waals surface area contributed by atoms with Crippen LogP contribution >= 0.6 is 0 Å². The van der Waals surface area contributed by atoms with E-state index < -0.39 is 0 Å². The van der Waals surface area contributed by atoms with Gasteiger partial charge in [0.1, 0.15) is 0 Å². The molecular formula is C16H19N7. The topological polar surface area (TPSA) is 79.5 Å². The maximum absolute atomic E-state index is 4.22. The first-order chi connectivity index (χ1) is 11.4. The van der Waals surface area contributed by atoms with Crippen LogP contribution in [-0.2, 0) is 13.0 Å². The second-order valence-corrected chi connectivity index (χ2v) is 5.01. The van der Waals surface area contributed by atoms with Gasteiger partial charge in [-0.3, -0.25) is 14.4 Å². The quantitative estimate of drug-likeness (QED) is 0.543. The van der Waals surface area contributed by atoms with Gasteiger partial charge in [-0.25, -0.2) is 0 Å². The van der Waals surface area contributed by atoms with Gasteiger partial charge >= 0.3 is 0 Å². The van der Waals surface area contributed by atoms with E-state index >= 15 is 0 Å². The predicted octanol–water partition coefficient (Wildman–Crippen LogP) is 1.03. The summed E-state index contributed by atoms with van der Waals surface area (Å²) in [5.41, 5.74) is 2.03. The molecule has 0 bridgehead atoms. The van der Waals surface area contributed by atoms with Gasteiger partial charge in [0, 0.05) is 32.2 Å². The van der Waals surface area contributed by atoms with Crippen LogP contribution in [0, 0.1) is 0 Å². The molecule has 23 heavy (non-hydrogen) atoms. The van der Waals surface area contributed by atoms with Gasteiger partial charge in [0.25, 0.3) is 0 Å². The minimum atomic E-state index is 0.553. The zero-order valence-corrected chi connectivity index (χ0v) is 13.0. The Kier molecular flexibility index (Phi) is 4.78. The Morgan fingerprint density at radius 3 is 2.96 bits per heavy atom. The molecule has 0 radical (unpaired) electrons. The molecule has 118 valence electrons. The summed E-state index contributed by atoms with van der Waals surface area (Å²) < 4.78 is 1.95. The second-order valence-electron chi connectivity index (χ2n) is 5.01. The summed E-state index contributed by atoms with van der Waals surface area (Å²) >= 11 is 0. The van der Waals surface area contributed by atoms with E-state index in [0.29, 0.717) is 6.54 Å². The number of rotatable bonds is 5. The number of fused-ring (bicyclic) bond motifs is 1. The summed E-state index contributed by atoms with van der Waals surface area (Å²) in [7, 11) is 1.75. The van der Waals surface area contributed by atoms with Gasteiger partial charge in [-0.1, -0.05) is 12.1 Å². The summed E-state index contributed by atoms with van der Waals surface area (Å²) in [4.78, 5) is 8.33. The molecular weight excluding hydrogens is 290 g/mol.